The molecule has 3 aromatic rings. The van der Waals surface area contributed by atoms with Crippen LogP contribution in [0.15, 0.2) is 66.2 Å². The highest BCUT2D eigenvalue weighted by atomic mass is 16.6. The Kier molecular flexibility index (Phi) is 9.85. The first-order valence-corrected chi connectivity index (χ1v) is 19.7. The molecule has 3 aliphatic heterocycles. The predicted molar refractivity (Wildman–Crippen MR) is 203 cm³/mol. The highest BCUT2D eigenvalue weighted by Gasteiger charge is 2.47. The first kappa shape index (κ1) is 37.0. The van der Waals surface area contributed by atoms with E-state index in [0.717, 1.165) is 31.2 Å². The first-order valence-electron chi connectivity index (χ1n) is 19.7. The normalized spacial score (nSPS) is 28.9. The maximum atomic E-state index is 14.8. The number of Topliss-reactive ketones (excluding diaryl/α,β-unsaturated/α-hetero) is 1. The van der Waals surface area contributed by atoms with Crippen molar-refractivity contribution >= 4 is 17.7 Å². The fourth-order valence-corrected chi connectivity index (χ4v) is 9.81. The van der Waals surface area contributed by atoms with E-state index in [-0.39, 0.29) is 66.2 Å². The molecule has 9 heteroatoms. The van der Waals surface area contributed by atoms with Crippen molar-refractivity contribution in [2.24, 2.45) is 11.8 Å². The highest BCUT2D eigenvalue weighted by molar-refractivity contribution is 5.89. The molecule has 2 aliphatic carbocycles. The lowest BCUT2D eigenvalue weighted by molar-refractivity contribution is -0.170. The van der Waals surface area contributed by atoms with Gasteiger partial charge in [0.25, 0.3) is 0 Å². The number of allylic oxidation sites excluding steroid dienone is 1. The minimum absolute atomic E-state index is 0.0305. The van der Waals surface area contributed by atoms with E-state index in [4.69, 9.17) is 9.47 Å². The molecule has 0 saturated heterocycles. The molecule has 3 aromatic carbocycles. The fraction of sp³-hybridized carbons (Fsp3) is 0.457. The van der Waals surface area contributed by atoms with Crippen LogP contribution in [0.5, 0.6) is 17.2 Å². The zero-order valence-electron chi connectivity index (χ0n) is 31.2. The number of aliphatic hydroxyl groups excluding tert-OH is 1. The van der Waals surface area contributed by atoms with Gasteiger partial charge in [0.15, 0.2) is 0 Å². The Hall–Kier alpha value is -4.91. The van der Waals surface area contributed by atoms with Crippen LogP contribution in [-0.2, 0) is 44.0 Å². The summed E-state index contributed by atoms with van der Waals surface area (Å²) in [6, 6.07) is 16.5. The predicted octanol–water partition coefficient (Wildman–Crippen LogP) is 6.75. The van der Waals surface area contributed by atoms with Gasteiger partial charge in [0.05, 0.1) is 18.9 Å². The number of carbonyl (C=O) groups excluding carboxylic acids is 3. The molecule has 2 fully saturated rings. The summed E-state index contributed by atoms with van der Waals surface area (Å²) in [5, 5.41) is 44.7. The van der Waals surface area contributed by atoms with Crippen molar-refractivity contribution in [1.29, 1.82) is 0 Å². The lowest BCUT2D eigenvalue weighted by atomic mass is 9.68. The zero-order chi connectivity index (χ0) is 38.5. The molecule has 1 spiro atoms. The number of ketones is 1. The maximum absolute atomic E-state index is 14.8. The second-order valence-electron chi connectivity index (χ2n) is 16.7. The van der Waals surface area contributed by atoms with Crippen molar-refractivity contribution in [1.82, 2.24) is 0 Å². The minimum atomic E-state index is -1.60. The van der Waals surface area contributed by atoms with Crippen molar-refractivity contribution in [2.75, 3.05) is 0 Å². The number of hydrogen-bond acceptors (Lipinski definition) is 9. The first-order chi connectivity index (χ1) is 26.4. The Morgan fingerprint density at radius 2 is 1.71 bits per heavy atom. The van der Waals surface area contributed by atoms with Crippen LogP contribution in [0, 0.1) is 23.7 Å². The lowest BCUT2D eigenvalue weighted by Crippen LogP contribution is -2.52. The van der Waals surface area contributed by atoms with Gasteiger partial charge < -0.3 is 29.9 Å². The number of phenolic OH excluding ortho intramolecular Hbond substituents is 2. The van der Waals surface area contributed by atoms with Gasteiger partial charge in [-0.2, -0.15) is 0 Å². The second-order valence-corrected chi connectivity index (χ2v) is 16.7. The SMILES string of the molecule is CC1(O)C2CCC(=O)C(Cc3cccc(c3)C3(CC=C4CC(c5cc(O)cc(CO)c5)C#CC5CC(=O)Oc6cc(O)c(cc65)CC1OC4=O)CCCC3)C2. The van der Waals surface area contributed by atoms with Gasteiger partial charge in [0, 0.05) is 41.9 Å². The molecule has 6 atom stereocenters. The van der Waals surface area contributed by atoms with E-state index in [2.05, 4.69) is 36.1 Å². The van der Waals surface area contributed by atoms with E-state index >= 15 is 0 Å². The van der Waals surface area contributed by atoms with Gasteiger partial charge in [-0.3, -0.25) is 9.59 Å². The highest BCUT2D eigenvalue weighted by Crippen LogP contribution is 2.47. The van der Waals surface area contributed by atoms with Crippen molar-refractivity contribution < 1.29 is 44.3 Å². The Balaban J connectivity index is 1.33. The number of aromatic hydroxyl groups is 2. The third-order valence-electron chi connectivity index (χ3n) is 13.1. The molecule has 9 nitrogen and oxygen atoms in total. The van der Waals surface area contributed by atoms with Gasteiger partial charge in [-0.15, -0.1) is 0 Å². The summed E-state index contributed by atoms with van der Waals surface area (Å²) in [6.45, 7) is 1.36. The van der Waals surface area contributed by atoms with Gasteiger partial charge in [-0.05, 0) is 109 Å². The Morgan fingerprint density at radius 1 is 0.909 bits per heavy atom. The van der Waals surface area contributed by atoms with E-state index in [1.54, 1.807) is 25.1 Å². The van der Waals surface area contributed by atoms with E-state index in [1.165, 1.54) is 17.7 Å². The minimum Gasteiger partial charge on any atom is -0.508 e. The molecule has 55 heavy (non-hydrogen) atoms. The summed E-state index contributed by atoms with van der Waals surface area (Å²) in [7, 11) is 0. The summed E-state index contributed by atoms with van der Waals surface area (Å²) < 4.78 is 12.0. The number of aliphatic hydroxyl groups is 2. The van der Waals surface area contributed by atoms with Gasteiger partial charge in [-0.25, -0.2) is 4.79 Å². The number of carbonyl (C=O) groups is 3. The molecule has 0 amide bonds. The van der Waals surface area contributed by atoms with Crippen molar-refractivity contribution in [3.63, 3.8) is 0 Å². The van der Waals surface area contributed by atoms with E-state index in [0.29, 0.717) is 59.9 Å². The molecule has 8 bridgehead atoms. The fourth-order valence-electron chi connectivity index (χ4n) is 9.81. The van der Waals surface area contributed by atoms with Gasteiger partial charge >= 0.3 is 11.9 Å². The average molecular weight is 745 g/mol. The largest absolute Gasteiger partial charge is 0.508 e. The molecular formula is C46H48O9. The van der Waals surface area contributed by atoms with E-state index in [9.17, 15) is 34.8 Å². The van der Waals surface area contributed by atoms with Crippen LogP contribution in [-0.4, -0.2) is 49.9 Å². The Morgan fingerprint density at radius 3 is 2.51 bits per heavy atom. The second kappa shape index (κ2) is 14.6. The molecule has 3 heterocycles. The molecule has 6 unspecified atom stereocenters. The van der Waals surface area contributed by atoms with Crippen LogP contribution in [0.1, 0.15) is 116 Å². The summed E-state index contributed by atoms with van der Waals surface area (Å²) in [5.41, 5.74) is 2.87. The number of phenols is 2. The number of benzene rings is 3. The smallest absolute Gasteiger partial charge is 0.334 e. The lowest BCUT2D eigenvalue weighted by Gasteiger charge is -2.42. The van der Waals surface area contributed by atoms with Gasteiger partial charge in [0.1, 0.15) is 34.7 Å². The van der Waals surface area contributed by atoms with Crippen molar-refractivity contribution in [2.45, 2.75) is 120 Å². The Labute approximate surface area is 321 Å². The maximum Gasteiger partial charge on any atom is 0.334 e. The number of hydrogen-bond donors (Lipinski definition) is 4. The topological polar surface area (TPSA) is 151 Å². The molecule has 4 N–H and O–H groups in total. The van der Waals surface area contributed by atoms with Gasteiger partial charge in [0.2, 0.25) is 0 Å². The molecule has 286 valence electrons. The van der Waals surface area contributed by atoms with Crippen LogP contribution in [0.4, 0.5) is 0 Å². The molecule has 0 aromatic heterocycles. The number of esters is 2. The monoisotopic (exact) mass is 744 g/mol. The summed E-state index contributed by atoms with van der Waals surface area (Å²) in [5.74, 6) is 3.72. The van der Waals surface area contributed by atoms with Gasteiger partial charge in [-0.1, -0.05) is 61.1 Å². The summed E-state index contributed by atoms with van der Waals surface area (Å²) >= 11 is 0. The van der Waals surface area contributed by atoms with Crippen LogP contribution in [0.2, 0.25) is 0 Å². The van der Waals surface area contributed by atoms with Crippen molar-refractivity contribution in [3.8, 4) is 29.1 Å². The molecule has 5 aliphatic rings. The van der Waals surface area contributed by atoms with Crippen LogP contribution < -0.4 is 4.74 Å². The standard InChI is InChI=1S/C46H48O9/c1-45(53)35-9-10-39(49)33(20-35)15-27-5-4-6-36(17-27)46(12-2-3-13-46)14-11-31-19-29(32-16-28(26-47)18-37(48)21-32)7-8-30-24-43(51)54-41-25-40(50)34(22-38(30)41)23-42(45)55-44(31)52/h4-6,11,16-18,21-22,25,29-30,33,35,42,47-48,50,53H,2-3,9-10,12-15,19-20,23-24,26H2,1H3. The van der Waals surface area contributed by atoms with Crippen molar-refractivity contribution in [3.05, 3.63) is 99.6 Å². The average Bonchev–Trinajstić information content (AvgIpc) is 3.65. The summed E-state index contributed by atoms with van der Waals surface area (Å²) in [4.78, 5) is 41.1. The van der Waals surface area contributed by atoms with E-state index < -0.39 is 35.5 Å². The third-order valence-corrected chi connectivity index (χ3v) is 13.1. The number of fused-ring (bicyclic) bond motifs is 9. The van der Waals surface area contributed by atoms with Crippen LogP contribution in [0.3, 0.4) is 0 Å². The number of ether oxygens (including phenoxy) is 2. The molecule has 2 saturated carbocycles. The summed E-state index contributed by atoms with van der Waals surface area (Å²) in [6.07, 6.45) is 7.09. The quantitative estimate of drug-likeness (QED) is 0.127. The molecule has 8 rings (SSSR count). The van der Waals surface area contributed by atoms with Crippen LogP contribution in [0.25, 0.3) is 0 Å². The Bertz CT molecular complexity index is 2130. The molecule has 0 radical (unpaired) electrons. The number of rotatable bonds is 2. The zero-order valence-corrected chi connectivity index (χ0v) is 31.2. The molecular weight excluding hydrogens is 696 g/mol. The van der Waals surface area contributed by atoms with Crippen LogP contribution >= 0.6 is 0 Å². The van der Waals surface area contributed by atoms with E-state index in [1.807, 2.05) is 6.08 Å². The third kappa shape index (κ3) is 7.30.